The van der Waals surface area contributed by atoms with Crippen LogP contribution in [-0.4, -0.2) is 59.3 Å². The summed E-state index contributed by atoms with van der Waals surface area (Å²) >= 11 is 0. The number of hydrogen-bond acceptors (Lipinski definition) is 5. The lowest BCUT2D eigenvalue weighted by Gasteiger charge is -2.29. The number of nitrogens with zero attached hydrogens (tertiary/aromatic N) is 1. The summed E-state index contributed by atoms with van der Waals surface area (Å²) in [7, 11) is 0. The largest absolute Gasteiger partial charge is 0.480 e. The molecule has 4 atom stereocenters. The summed E-state index contributed by atoms with van der Waals surface area (Å²) in [5.41, 5.74) is 0.832. The number of alkyl carbamates (subject to hydrolysis) is 1. The molecular weight excluding hydrogens is 340 g/mol. The highest BCUT2D eigenvalue weighted by Crippen LogP contribution is 2.35. The van der Waals surface area contributed by atoms with Gasteiger partial charge in [-0.25, -0.2) is 9.59 Å². The summed E-state index contributed by atoms with van der Waals surface area (Å²) < 4.78 is 10.5. The van der Waals surface area contributed by atoms with Gasteiger partial charge in [0.2, 0.25) is 5.91 Å². The van der Waals surface area contributed by atoms with Crippen molar-refractivity contribution < 1.29 is 29.0 Å². The highest BCUT2D eigenvalue weighted by molar-refractivity contribution is 5.90. The third kappa shape index (κ3) is 3.80. The normalized spacial score (nSPS) is 25.4. The molecule has 0 aliphatic carbocycles. The number of likely N-dealkylation sites (tertiary alicyclic amines) is 1. The van der Waals surface area contributed by atoms with Gasteiger partial charge in [-0.1, -0.05) is 30.3 Å². The van der Waals surface area contributed by atoms with E-state index in [1.54, 1.807) is 0 Å². The van der Waals surface area contributed by atoms with Gasteiger partial charge >= 0.3 is 12.1 Å². The van der Waals surface area contributed by atoms with Crippen LogP contribution in [0.2, 0.25) is 0 Å². The number of rotatable bonds is 5. The molecule has 1 aromatic rings. The van der Waals surface area contributed by atoms with Gasteiger partial charge in [0.05, 0.1) is 19.3 Å². The van der Waals surface area contributed by atoms with E-state index >= 15 is 0 Å². The number of benzene rings is 1. The fourth-order valence-corrected chi connectivity index (χ4v) is 3.52. The van der Waals surface area contributed by atoms with Crippen molar-refractivity contribution in [3.8, 4) is 0 Å². The Bertz CT molecular complexity index is 680. The average Bonchev–Trinajstić information content (AvgIpc) is 3.21. The maximum atomic E-state index is 12.7. The molecule has 2 fully saturated rings. The number of ether oxygens (including phenoxy) is 2. The number of nitrogens with one attached hydrogen (secondary N) is 1. The highest BCUT2D eigenvalue weighted by Gasteiger charge is 2.50. The molecule has 0 bridgehead atoms. The molecule has 0 saturated carbocycles. The molecule has 3 rings (SSSR count). The molecule has 0 spiro atoms. The van der Waals surface area contributed by atoms with Crippen LogP contribution >= 0.6 is 0 Å². The van der Waals surface area contributed by atoms with Gasteiger partial charge in [0.15, 0.2) is 0 Å². The van der Waals surface area contributed by atoms with Crippen molar-refractivity contribution in [2.75, 3.05) is 13.2 Å². The Labute approximate surface area is 151 Å². The quantitative estimate of drug-likeness (QED) is 0.810. The minimum Gasteiger partial charge on any atom is -0.480 e. The first-order valence-corrected chi connectivity index (χ1v) is 8.57. The minimum absolute atomic E-state index is 0.0253. The lowest BCUT2D eigenvalue weighted by Crippen LogP contribution is -2.53. The number of carboxylic acids is 1. The Morgan fingerprint density at radius 2 is 2.04 bits per heavy atom. The summed E-state index contributed by atoms with van der Waals surface area (Å²) in [5, 5.41) is 11.9. The molecule has 2 amide bonds. The number of aliphatic carboxylic acids is 1. The maximum absolute atomic E-state index is 12.7. The zero-order valence-corrected chi connectivity index (χ0v) is 14.5. The Hall–Kier alpha value is -2.61. The molecular formula is C18H22N2O6. The van der Waals surface area contributed by atoms with Crippen LogP contribution < -0.4 is 5.32 Å². The van der Waals surface area contributed by atoms with E-state index in [0.717, 1.165) is 5.56 Å². The second-order valence-electron chi connectivity index (χ2n) is 6.63. The molecule has 2 N–H and O–H groups in total. The highest BCUT2D eigenvalue weighted by atomic mass is 16.5. The fraction of sp³-hybridized carbons (Fsp3) is 0.500. The summed E-state index contributed by atoms with van der Waals surface area (Å²) in [6.07, 6.45) is -0.350. The molecule has 3 unspecified atom stereocenters. The minimum atomic E-state index is -1.04. The predicted octanol–water partition coefficient (Wildman–Crippen LogP) is 1.00. The second-order valence-corrected chi connectivity index (χ2v) is 6.63. The van der Waals surface area contributed by atoms with E-state index < -0.39 is 30.1 Å². The summed E-state index contributed by atoms with van der Waals surface area (Å²) in [6.45, 7) is 2.40. The van der Waals surface area contributed by atoms with E-state index in [4.69, 9.17) is 9.47 Å². The monoisotopic (exact) mass is 362 g/mol. The van der Waals surface area contributed by atoms with Gasteiger partial charge in [-0.05, 0) is 18.9 Å². The Morgan fingerprint density at radius 3 is 2.73 bits per heavy atom. The second kappa shape index (κ2) is 7.74. The van der Waals surface area contributed by atoms with Crippen LogP contribution in [-0.2, 0) is 25.7 Å². The lowest BCUT2D eigenvalue weighted by molar-refractivity contribution is -0.150. The number of carbonyl (C=O) groups excluding carboxylic acids is 2. The fourth-order valence-electron chi connectivity index (χ4n) is 3.52. The van der Waals surface area contributed by atoms with Gasteiger partial charge in [-0.3, -0.25) is 4.79 Å². The van der Waals surface area contributed by atoms with Crippen LogP contribution in [0.3, 0.4) is 0 Å². The van der Waals surface area contributed by atoms with Crippen LogP contribution in [0, 0.1) is 5.92 Å². The first-order chi connectivity index (χ1) is 12.5. The van der Waals surface area contributed by atoms with Gasteiger partial charge in [0.1, 0.15) is 18.7 Å². The number of fused-ring (bicyclic) bond motifs is 1. The molecule has 8 nitrogen and oxygen atoms in total. The van der Waals surface area contributed by atoms with Crippen molar-refractivity contribution in [3.63, 3.8) is 0 Å². The Morgan fingerprint density at radius 1 is 1.31 bits per heavy atom. The zero-order chi connectivity index (χ0) is 18.7. The van der Waals surface area contributed by atoms with Crippen LogP contribution in [0.25, 0.3) is 0 Å². The van der Waals surface area contributed by atoms with Crippen molar-refractivity contribution in [2.24, 2.45) is 5.92 Å². The van der Waals surface area contributed by atoms with E-state index in [0.29, 0.717) is 19.6 Å². The van der Waals surface area contributed by atoms with E-state index in [-0.39, 0.29) is 18.6 Å². The smallest absolute Gasteiger partial charge is 0.408 e. The number of carbonyl (C=O) groups is 3. The molecule has 2 saturated heterocycles. The number of carboxylic acid groups (broad SMARTS) is 1. The number of amides is 2. The third-order valence-electron chi connectivity index (χ3n) is 4.84. The topological polar surface area (TPSA) is 105 Å². The molecule has 8 heteroatoms. The zero-order valence-electron chi connectivity index (χ0n) is 14.5. The van der Waals surface area contributed by atoms with Crippen LogP contribution in [0.4, 0.5) is 4.79 Å². The van der Waals surface area contributed by atoms with Crippen molar-refractivity contribution >= 4 is 18.0 Å². The van der Waals surface area contributed by atoms with Crippen molar-refractivity contribution in [3.05, 3.63) is 35.9 Å². The van der Waals surface area contributed by atoms with Gasteiger partial charge in [0.25, 0.3) is 0 Å². The Balaban J connectivity index is 1.57. The molecule has 2 aliphatic heterocycles. The van der Waals surface area contributed by atoms with Crippen molar-refractivity contribution in [1.82, 2.24) is 10.2 Å². The summed E-state index contributed by atoms with van der Waals surface area (Å²) in [6, 6.07) is 7.15. The SMILES string of the molecule is C[C@H](NC(=O)OCc1ccccc1)C(=O)N1C(C(=O)O)CC2COCC21. The van der Waals surface area contributed by atoms with E-state index in [2.05, 4.69) is 5.32 Å². The van der Waals surface area contributed by atoms with Crippen LogP contribution in [0.1, 0.15) is 18.9 Å². The molecule has 2 heterocycles. The van der Waals surface area contributed by atoms with Crippen molar-refractivity contribution in [2.45, 2.75) is 38.1 Å². The van der Waals surface area contributed by atoms with E-state index in [1.807, 2.05) is 30.3 Å². The van der Waals surface area contributed by atoms with Gasteiger partial charge in [-0.2, -0.15) is 0 Å². The van der Waals surface area contributed by atoms with Gasteiger partial charge in [0, 0.05) is 5.92 Å². The van der Waals surface area contributed by atoms with Gasteiger partial charge < -0.3 is 24.8 Å². The molecule has 1 aromatic carbocycles. The summed E-state index contributed by atoms with van der Waals surface area (Å²) in [4.78, 5) is 37.5. The molecule has 26 heavy (non-hydrogen) atoms. The molecule has 2 aliphatic rings. The van der Waals surface area contributed by atoms with Crippen molar-refractivity contribution in [1.29, 1.82) is 0 Å². The molecule has 140 valence electrons. The lowest BCUT2D eigenvalue weighted by atomic mass is 10.0. The standard InChI is InChI=1S/C18H22N2O6/c1-11(19-18(24)26-8-12-5-3-2-4-6-12)16(21)20-14(17(22)23)7-13-9-25-10-15(13)20/h2-6,11,13-15H,7-10H2,1H3,(H,19,24)(H,22,23)/t11-,13?,14?,15?/m0/s1. The third-order valence-corrected chi connectivity index (χ3v) is 4.84. The summed E-state index contributed by atoms with van der Waals surface area (Å²) in [5.74, 6) is -1.45. The predicted molar refractivity (Wildman–Crippen MR) is 90.2 cm³/mol. The van der Waals surface area contributed by atoms with E-state index in [9.17, 15) is 19.5 Å². The molecule has 0 radical (unpaired) electrons. The van der Waals surface area contributed by atoms with E-state index in [1.165, 1.54) is 11.8 Å². The first kappa shape index (κ1) is 18.2. The van der Waals surface area contributed by atoms with Crippen LogP contribution in [0.5, 0.6) is 0 Å². The number of hydrogen-bond donors (Lipinski definition) is 2. The first-order valence-electron chi connectivity index (χ1n) is 8.57. The average molecular weight is 362 g/mol. The Kier molecular flexibility index (Phi) is 5.41. The maximum Gasteiger partial charge on any atom is 0.408 e. The van der Waals surface area contributed by atoms with Crippen LogP contribution in [0.15, 0.2) is 30.3 Å². The van der Waals surface area contributed by atoms with Gasteiger partial charge in [-0.15, -0.1) is 0 Å². The molecule has 0 aromatic heterocycles.